The van der Waals surface area contributed by atoms with Crippen LogP contribution >= 0.6 is 0 Å². The van der Waals surface area contributed by atoms with E-state index >= 15 is 0 Å². The van der Waals surface area contributed by atoms with Crippen molar-refractivity contribution in [1.82, 2.24) is 14.7 Å². The van der Waals surface area contributed by atoms with Gasteiger partial charge in [0, 0.05) is 29.0 Å². The van der Waals surface area contributed by atoms with Gasteiger partial charge in [0.25, 0.3) is 5.56 Å². The standard InChI is InChI=1S/C14H15N3O3S/c1-2-6-16-21(19,20)9-3-4-12-11(8-9)10-5-7-15-14(18)13(10)17-12/h3-5,7-8,16-17H,2,6H2,1H3,(H,15,18). The highest BCUT2D eigenvalue weighted by Gasteiger charge is 2.15. The molecule has 21 heavy (non-hydrogen) atoms. The molecule has 0 radical (unpaired) electrons. The number of hydrogen-bond acceptors (Lipinski definition) is 3. The largest absolute Gasteiger partial charge is 0.350 e. The predicted octanol–water partition coefficient (Wildman–Crippen LogP) is 1.70. The van der Waals surface area contributed by atoms with Gasteiger partial charge in [-0.15, -0.1) is 0 Å². The maximum Gasteiger partial charge on any atom is 0.272 e. The van der Waals surface area contributed by atoms with E-state index in [1.807, 2.05) is 6.92 Å². The Kier molecular flexibility index (Phi) is 3.30. The van der Waals surface area contributed by atoms with E-state index in [2.05, 4.69) is 14.7 Å². The highest BCUT2D eigenvalue weighted by atomic mass is 32.2. The minimum Gasteiger partial charge on any atom is -0.350 e. The van der Waals surface area contributed by atoms with Crippen molar-refractivity contribution in [3.63, 3.8) is 0 Å². The lowest BCUT2D eigenvalue weighted by atomic mass is 10.2. The molecule has 0 aliphatic carbocycles. The van der Waals surface area contributed by atoms with Crippen LogP contribution in [-0.2, 0) is 10.0 Å². The van der Waals surface area contributed by atoms with Crippen LogP contribution < -0.4 is 10.3 Å². The molecule has 7 heteroatoms. The van der Waals surface area contributed by atoms with Gasteiger partial charge in [0.05, 0.1) is 4.90 Å². The third-order valence-electron chi connectivity index (χ3n) is 3.35. The highest BCUT2D eigenvalue weighted by Crippen LogP contribution is 2.25. The van der Waals surface area contributed by atoms with Crippen LogP contribution in [-0.4, -0.2) is 24.9 Å². The first kappa shape index (κ1) is 13.8. The molecule has 0 fully saturated rings. The number of hydrogen-bond donors (Lipinski definition) is 3. The van der Waals surface area contributed by atoms with Gasteiger partial charge in [-0.05, 0) is 30.7 Å². The number of nitrogens with one attached hydrogen (secondary N) is 3. The summed E-state index contributed by atoms with van der Waals surface area (Å²) in [5.74, 6) is 0. The molecule has 0 saturated heterocycles. The van der Waals surface area contributed by atoms with Gasteiger partial charge < -0.3 is 9.97 Å². The van der Waals surface area contributed by atoms with E-state index in [0.29, 0.717) is 17.4 Å². The van der Waals surface area contributed by atoms with Crippen molar-refractivity contribution in [2.24, 2.45) is 0 Å². The van der Waals surface area contributed by atoms with E-state index in [4.69, 9.17) is 0 Å². The molecule has 2 aromatic heterocycles. The molecule has 2 heterocycles. The SMILES string of the molecule is CCCNS(=O)(=O)c1ccc2[nH]c3c(=O)[nH]ccc3c2c1. The van der Waals surface area contributed by atoms with Crippen LogP contribution in [0.1, 0.15) is 13.3 Å². The summed E-state index contributed by atoms with van der Waals surface area (Å²) in [5.41, 5.74) is 0.955. The van der Waals surface area contributed by atoms with E-state index in [9.17, 15) is 13.2 Å². The van der Waals surface area contributed by atoms with Gasteiger partial charge in [0.15, 0.2) is 0 Å². The van der Waals surface area contributed by atoms with Crippen molar-refractivity contribution in [2.45, 2.75) is 18.2 Å². The van der Waals surface area contributed by atoms with Crippen molar-refractivity contribution >= 4 is 31.8 Å². The van der Waals surface area contributed by atoms with E-state index in [1.54, 1.807) is 24.4 Å². The van der Waals surface area contributed by atoms with Crippen LogP contribution in [0.2, 0.25) is 0 Å². The zero-order valence-corrected chi connectivity index (χ0v) is 12.3. The number of rotatable bonds is 4. The molecule has 0 bridgehead atoms. The number of H-pyrrole nitrogens is 2. The average Bonchev–Trinajstić information content (AvgIpc) is 2.85. The molecule has 0 amide bonds. The van der Waals surface area contributed by atoms with Gasteiger partial charge >= 0.3 is 0 Å². The summed E-state index contributed by atoms with van der Waals surface area (Å²) in [4.78, 5) is 17.6. The van der Waals surface area contributed by atoms with Crippen molar-refractivity contribution in [3.8, 4) is 0 Å². The van der Waals surface area contributed by atoms with E-state index in [1.165, 1.54) is 6.07 Å². The van der Waals surface area contributed by atoms with Crippen LogP contribution in [0.3, 0.4) is 0 Å². The Morgan fingerprint density at radius 1 is 1.19 bits per heavy atom. The third kappa shape index (κ3) is 2.34. The normalized spacial score (nSPS) is 12.2. The van der Waals surface area contributed by atoms with Crippen molar-refractivity contribution in [3.05, 3.63) is 40.8 Å². The zero-order valence-electron chi connectivity index (χ0n) is 11.4. The van der Waals surface area contributed by atoms with Gasteiger partial charge in [-0.3, -0.25) is 4.79 Å². The average molecular weight is 305 g/mol. The second kappa shape index (κ2) is 5.01. The number of fused-ring (bicyclic) bond motifs is 3. The summed E-state index contributed by atoms with van der Waals surface area (Å²) >= 11 is 0. The number of sulfonamides is 1. The fraction of sp³-hybridized carbons (Fsp3) is 0.214. The maximum absolute atomic E-state index is 12.2. The lowest BCUT2D eigenvalue weighted by Crippen LogP contribution is -2.24. The van der Waals surface area contributed by atoms with Crippen molar-refractivity contribution < 1.29 is 8.42 Å². The van der Waals surface area contributed by atoms with Gasteiger partial charge in [0.2, 0.25) is 10.0 Å². The smallest absolute Gasteiger partial charge is 0.272 e. The first-order valence-electron chi connectivity index (χ1n) is 6.66. The van der Waals surface area contributed by atoms with E-state index in [-0.39, 0.29) is 10.5 Å². The molecular formula is C14H15N3O3S. The van der Waals surface area contributed by atoms with Crippen LogP contribution in [0.15, 0.2) is 40.2 Å². The Balaban J connectivity index is 2.22. The minimum absolute atomic E-state index is 0.199. The Bertz CT molecular complexity index is 970. The molecule has 6 nitrogen and oxygen atoms in total. The predicted molar refractivity (Wildman–Crippen MR) is 81.9 cm³/mol. The fourth-order valence-corrected chi connectivity index (χ4v) is 3.46. The first-order valence-corrected chi connectivity index (χ1v) is 8.14. The molecule has 0 atom stereocenters. The first-order chi connectivity index (χ1) is 10.0. The van der Waals surface area contributed by atoms with Crippen LogP contribution in [0.4, 0.5) is 0 Å². The Hall–Kier alpha value is -2.12. The summed E-state index contributed by atoms with van der Waals surface area (Å²) in [6.45, 7) is 2.30. The van der Waals surface area contributed by atoms with Crippen molar-refractivity contribution in [2.75, 3.05) is 6.54 Å². The topological polar surface area (TPSA) is 94.8 Å². The van der Waals surface area contributed by atoms with Crippen molar-refractivity contribution in [1.29, 1.82) is 0 Å². The monoisotopic (exact) mass is 305 g/mol. The quantitative estimate of drug-likeness (QED) is 0.684. The van der Waals surface area contributed by atoms with E-state index < -0.39 is 10.0 Å². The molecule has 3 rings (SSSR count). The van der Waals surface area contributed by atoms with Gasteiger partial charge in [-0.25, -0.2) is 13.1 Å². The van der Waals surface area contributed by atoms with Crippen LogP contribution in [0, 0.1) is 0 Å². The number of aromatic amines is 2. The molecule has 0 saturated carbocycles. The number of aromatic nitrogens is 2. The number of pyridine rings is 1. The molecule has 3 N–H and O–H groups in total. The molecule has 0 aliphatic rings. The molecule has 0 spiro atoms. The number of benzene rings is 1. The lowest BCUT2D eigenvalue weighted by molar-refractivity contribution is 0.581. The molecule has 3 aromatic rings. The van der Waals surface area contributed by atoms with E-state index in [0.717, 1.165) is 17.3 Å². The fourth-order valence-electron chi connectivity index (χ4n) is 2.30. The molecule has 0 unspecified atom stereocenters. The van der Waals surface area contributed by atoms with Gasteiger partial charge in [-0.1, -0.05) is 6.92 Å². The second-order valence-corrected chi connectivity index (χ2v) is 6.59. The van der Waals surface area contributed by atoms with Gasteiger partial charge in [-0.2, -0.15) is 0 Å². The summed E-state index contributed by atoms with van der Waals surface area (Å²) in [6, 6.07) is 6.55. The Morgan fingerprint density at radius 3 is 2.76 bits per heavy atom. The van der Waals surface area contributed by atoms with Crippen LogP contribution in [0.5, 0.6) is 0 Å². The molecule has 0 aliphatic heterocycles. The second-order valence-electron chi connectivity index (χ2n) is 4.83. The Morgan fingerprint density at radius 2 is 2.00 bits per heavy atom. The zero-order chi connectivity index (χ0) is 15.0. The Labute approximate surface area is 121 Å². The summed E-state index contributed by atoms with van der Waals surface area (Å²) in [5, 5.41) is 1.43. The van der Waals surface area contributed by atoms with Crippen LogP contribution in [0.25, 0.3) is 21.8 Å². The molecule has 110 valence electrons. The lowest BCUT2D eigenvalue weighted by Gasteiger charge is -2.05. The molecule has 1 aromatic carbocycles. The summed E-state index contributed by atoms with van der Waals surface area (Å²) in [7, 11) is -3.52. The third-order valence-corrected chi connectivity index (χ3v) is 4.81. The molecular weight excluding hydrogens is 290 g/mol. The van der Waals surface area contributed by atoms with Gasteiger partial charge in [0.1, 0.15) is 5.52 Å². The minimum atomic E-state index is -3.52. The summed E-state index contributed by atoms with van der Waals surface area (Å²) in [6.07, 6.45) is 2.28. The summed E-state index contributed by atoms with van der Waals surface area (Å²) < 4.78 is 26.9. The highest BCUT2D eigenvalue weighted by molar-refractivity contribution is 7.89. The maximum atomic E-state index is 12.2.